The van der Waals surface area contributed by atoms with Crippen molar-refractivity contribution in [3.8, 4) is 0 Å². The molecule has 1 heterocycles. The normalized spacial score (nSPS) is 13.7. The SMILES string of the molecule is CC(C)(C)CCC(NN)c1ccc2ncccc2c1. The standard InChI is InChI=1S/C16H23N3/c1-16(2,3)9-8-15(19-17)13-6-7-14-12(11-13)5-4-10-18-14/h4-7,10-11,15,19H,8-9,17H2,1-3H3. The molecule has 1 atom stereocenters. The second-order valence-corrected chi connectivity index (χ2v) is 6.27. The molecule has 0 radical (unpaired) electrons. The Morgan fingerprint density at radius 3 is 2.74 bits per heavy atom. The zero-order valence-corrected chi connectivity index (χ0v) is 12.0. The molecule has 1 aromatic carbocycles. The summed E-state index contributed by atoms with van der Waals surface area (Å²) in [5, 5.41) is 1.16. The van der Waals surface area contributed by atoms with Gasteiger partial charge in [-0.25, -0.2) is 0 Å². The zero-order valence-electron chi connectivity index (χ0n) is 12.0. The second kappa shape index (κ2) is 5.68. The predicted molar refractivity (Wildman–Crippen MR) is 80.5 cm³/mol. The summed E-state index contributed by atoms with van der Waals surface area (Å²) in [5.74, 6) is 5.71. The van der Waals surface area contributed by atoms with E-state index in [4.69, 9.17) is 5.84 Å². The van der Waals surface area contributed by atoms with E-state index in [1.165, 1.54) is 5.56 Å². The Balaban J connectivity index is 2.20. The van der Waals surface area contributed by atoms with E-state index in [0.717, 1.165) is 23.7 Å². The van der Waals surface area contributed by atoms with Gasteiger partial charge in [0.1, 0.15) is 0 Å². The third-order valence-corrected chi connectivity index (χ3v) is 3.41. The van der Waals surface area contributed by atoms with Crippen molar-refractivity contribution in [2.24, 2.45) is 11.3 Å². The van der Waals surface area contributed by atoms with E-state index in [-0.39, 0.29) is 6.04 Å². The van der Waals surface area contributed by atoms with E-state index >= 15 is 0 Å². The molecule has 0 amide bonds. The zero-order chi connectivity index (χ0) is 13.9. The van der Waals surface area contributed by atoms with Crippen molar-refractivity contribution in [3.63, 3.8) is 0 Å². The average molecular weight is 257 g/mol. The number of aromatic nitrogens is 1. The van der Waals surface area contributed by atoms with Gasteiger partial charge in [-0.3, -0.25) is 16.3 Å². The van der Waals surface area contributed by atoms with E-state index in [2.05, 4.69) is 55.4 Å². The molecule has 0 aliphatic carbocycles. The van der Waals surface area contributed by atoms with Gasteiger partial charge in [-0.05, 0) is 42.0 Å². The van der Waals surface area contributed by atoms with Crippen LogP contribution in [0, 0.1) is 5.41 Å². The molecule has 102 valence electrons. The van der Waals surface area contributed by atoms with Gasteiger partial charge in [0, 0.05) is 17.6 Å². The van der Waals surface area contributed by atoms with E-state index < -0.39 is 0 Å². The highest BCUT2D eigenvalue weighted by atomic mass is 15.2. The largest absolute Gasteiger partial charge is 0.271 e. The number of nitrogens with one attached hydrogen (secondary N) is 1. The summed E-state index contributed by atoms with van der Waals surface area (Å²) in [4.78, 5) is 4.34. The van der Waals surface area contributed by atoms with Gasteiger partial charge in [0.05, 0.1) is 5.52 Å². The molecule has 3 N–H and O–H groups in total. The first-order valence-electron chi connectivity index (χ1n) is 6.80. The van der Waals surface area contributed by atoms with Crippen LogP contribution in [-0.2, 0) is 0 Å². The summed E-state index contributed by atoms with van der Waals surface area (Å²) in [6, 6.07) is 10.6. The van der Waals surface area contributed by atoms with Crippen LogP contribution in [0.1, 0.15) is 45.2 Å². The van der Waals surface area contributed by atoms with Gasteiger partial charge in [-0.1, -0.05) is 32.9 Å². The number of hydrogen-bond acceptors (Lipinski definition) is 3. The molecule has 0 saturated heterocycles. The first-order valence-corrected chi connectivity index (χ1v) is 6.80. The molecule has 2 rings (SSSR count). The highest BCUT2D eigenvalue weighted by Crippen LogP contribution is 2.28. The number of hydrazine groups is 1. The summed E-state index contributed by atoms with van der Waals surface area (Å²) >= 11 is 0. The van der Waals surface area contributed by atoms with Gasteiger partial charge in [-0.15, -0.1) is 0 Å². The maximum atomic E-state index is 5.71. The Bertz CT molecular complexity index is 543. The van der Waals surface area contributed by atoms with Gasteiger partial charge in [-0.2, -0.15) is 0 Å². The molecule has 0 spiro atoms. The highest BCUT2D eigenvalue weighted by molar-refractivity contribution is 5.79. The number of hydrogen-bond donors (Lipinski definition) is 2. The summed E-state index contributed by atoms with van der Waals surface area (Å²) in [7, 11) is 0. The Hall–Kier alpha value is -1.45. The fraction of sp³-hybridized carbons (Fsp3) is 0.438. The van der Waals surface area contributed by atoms with Gasteiger partial charge in [0.25, 0.3) is 0 Å². The van der Waals surface area contributed by atoms with E-state index in [1.54, 1.807) is 0 Å². The Morgan fingerprint density at radius 2 is 2.05 bits per heavy atom. The molecule has 0 fully saturated rings. The number of pyridine rings is 1. The first kappa shape index (κ1) is 14.0. The number of fused-ring (bicyclic) bond motifs is 1. The topological polar surface area (TPSA) is 50.9 Å². The molecule has 0 bridgehead atoms. The summed E-state index contributed by atoms with van der Waals surface area (Å²) in [6.45, 7) is 6.76. The van der Waals surface area contributed by atoms with Crippen molar-refractivity contribution in [2.75, 3.05) is 0 Å². The lowest BCUT2D eigenvalue weighted by Gasteiger charge is -2.23. The number of nitrogens with zero attached hydrogens (tertiary/aromatic N) is 1. The van der Waals surface area contributed by atoms with Crippen LogP contribution in [0.4, 0.5) is 0 Å². The minimum Gasteiger partial charge on any atom is -0.271 e. The predicted octanol–water partition coefficient (Wildman–Crippen LogP) is 3.57. The van der Waals surface area contributed by atoms with Gasteiger partial charge >= 0.3 is 0 Å². The molecular weight excluding hydrogens is 234 g/mol. The van der Waals surface area contributed by atoms with Crippen LogP contribution in [0.5, 0.6) is 0 Å². The highest BCUT2D eigenvalue weighted by Gasteiger charge is 2.16. The van der Waals surface area contributed by atoms with Crippen molar-refractivity contribution < 1.29 is 0 Å². The van der Waals surface area contributed by atoms with Crippen molar-refractivity contribution in [1.82, 2.24) is 10.4 Å². The molecule has 2 aromatic rings. The number of nitrogens with two attached hydrogens (primary N) is 1. The maximum Gasteiger partial charge on any atom is 0.0702 e. The van der Waals surface area contributed by atoms with Gasteiger partial charge < -0.3 is 0 Å². The van der Waals surface area contributed by atoms with E-state index in [1.807, 2.05) is 12.3 Å². The third kappa shape index (κ3) is 3.75. The molecule has 19 heavy (non-hydrogen) atoms. The fourth-order valence-electron chi connectivity index (χ4n) is 2.23. The van der Waals surface area contributed by atoms with Crippen LogP contribution in [0.15, 0.2) is 36.5 Å². The third-order valence-electron chi connectivity index (χ3n) is 3.41. The summed E-state index contributed by atoms with van der Waals surface area (Å²) < 4.78 is 0. The molecule has 3 heteroatoms. The monoisotopic (exact) mass is 257 g/mol. The lowest BCUT2D eigenvalue weighted by Crippen LogP contribution is -2.28. The van der Waals surface area contributed by atoms with Crippen LogP contribution in [0.25, 0.3) is 10.9 Å². The molecule has 0 saturated carbocycles. The van der Waals surface area contributed by atoms with Crippen LogP contribution in [0.2, 0.25) is 0 Å². The second-order valence-electron chi connectivity index (χ2n) is 6.27. The van der Waals surface area contributed by atoms with Gasteiger partial charge in [0.2, 0.25) is 0 Å². The van der Waals surface area contributed by atoms with Crippen molar-refractivity contribution in [2.45, 2.75) is 39.7 Å². The fourth-order valence-corrected chi connectivity index (χ4v) is 2.23. The molecule has 3 nitrogen and oxygen atoms in total. The minimum atomic E-state index is 0.198. The van der Waals surface area contributed by atoms with Crippen LogP contribution in [0.3, 0.4) is 0 Å². The summed E-state index contributed by atoms with van der Waals surface area (Å²) in [6.07, 6.45) is 3.99. The lowest BCUT2D eigenvalue weighted by atomic mass is 9.87. The minimum absolute atomic E-state index is 0.198. The molecule has 0 aliphatic heterocycles. The van der Waals surface area contributed by atoms with Gasteiger partial charge in [0.15, 0.2) is 0 Å². The number of rotatable bonds is 4. The number of benzene rings is 1. The smallest absolute Gasteiger partial charge is 0.0702 e. The van der Waals surface area contributed by atoms with E-state index in [9.17, 15) is 0 Å². The first-order chi connectivity index (χ1) is 8.99. The Kier molecular flexibility index (Phi) is 4.17. The molecule has 1 unspecified atom stereocenters. The van der Waals surface area contributed by atoms with Crippen molar-refractivity contribution in [1.29, 1.82) is 0 Å². The van der Waals surface area contributed by atoms with Crippen molar-refractivity contribution in [3.05, 3.63) is 42.1 Å². The molecule has 1 aromatic heterocycles. The summed E-state index contributed by atoms with van der Waals surface area (Å²) in [5.41, 5.74) is 5.52. The van der Waals surface area contributed by atoms with Crippen LogP contribution in [-0.4, -0.2) is 4.98 Å². The Labute approximate surface area is 115 Å². The Morgan fingerprint density at radius 1 is 1.26 bits per heavy atom. The molecular formula is C16H23N3. The average Bonchev–Trinajstić information content (AvgIpc) is 2.38. The van der Waals surface area contributed by atoms with Crippen LogP contribution < -0.4 is 11.3 Å². The van der Waals surface area contributed by atoms with E-state index in [0.29, 0.717) is 5.41 Å². The quantitative estimate of drug-likeness (QED) is 0.650. The van der Waals surface area contributed by atoms with Crippen LogP contribution >= 0.6 is 0 Å². The molecule has 0 aliphatic rings. The maximum absolute atomic E-state index is 5.71. The van der Waals surface area contributed by atoms with Crippen molar-refractivity contribution >= 4 is 10.9 Å². The lowest BCUT2D eigenvalue weighted by molar-refractivity contribution is 0.333.